The second kappa shape index (κ2) is 6.02. The predicted octanol–water partition coefficient (Wildman–Crippen LogP) is 4.20. The van der Waals surface area contributed by atoms with Crippen LogP contribution in [0, 0.1) is 13.8 Å². The first-order chi connectivity index (χ1) is 9.11. The van der Waals surface area contributed by atoms with Gasteiger partial charge in [-0.25, -0.2) is 9.97 Å². The summed E-state index contributed by atoms with van der Waals surface area (Å²) in [7, 11) is 0. The van der Waals surface area contributed by atoms with Crippen LogP contribution in [-0.2, 0) is 0 Å². The van der Waals surface area contributed by atoms with Gasteiger partial charge in [0.2, 0.25) is 0 Å². The number of nitrogens with zero attached hydrogens (tertiary/aromatic N) is 2. The lowest BCUT2D eigenvalue weighted by molar-refractivity contribution is 0.317. The average molecular weight is 277 g/mol. The Kier molecular flexibility index (Phi) is 4.38. The third-order valence-corrected chi connectivity index (χ3v) is 3.17. The molecule has 1 heterocycles. The van der Waals surface area contributed by atoms with Crippen LogP contribution in [0.2, 0.25) is 5.15 Å². The standard InChI is InChI=1S/C15H17ClN2O/c1-4-9-19-13-7-5-12(6-8-13)14-10(2)15(16)18-11(3)17-14/h5-8H,4,9H2,1-3H3. The lowest BCUT2D eigenvalue weighted by atomic mass is 10.1. The fourth-order valence-electron chi connectivity index (χ4n) is 1.80. The first-order valence-electron chi connectivity index (χ1n) is 6.35. The van der Waals surface area contributed by atoms with Crippen molar-refractivity contribution in [2.75, 3.05) is 6.61 Å². The number of aromatic nitrogens is 2. The number of hydrogen-bond acceptors (Lipinski definition) is 3. The van der Waals surface area contributed by atoms with Gasteiger partial charge in [-0.1, -0.05) is 18.5 Å². The molecule has 2 rings (SSSR count). The molecule has 0 N–H and O–H groups in total. The number of benzene rings is 1. The number of halogens is 1. The quantitative estimate of drug-likeness (QED) is 0.785. The lowest BCUT2D eigenvalue weighted by Gasteiger charge is -2.09. The van der Waals surface area contributed by atoms with E-state index in [1.807, 2.05) is 38.1 Å². The fourth-order valence-corrected chi connectivity index (χ4v) is 2.02. The summed E-state index contributed by atoms with van der Waals surface area (Å²) in [4.78, 5) is 8.61. The first kappa shape index (κ1) is 13.8. The zero-order valence-corrected chi connectivity index (χ0v) is 12.2. The van der Waals surface area contributed by atoms with Gasteiger partial charge in [-0.05, 0) is 44.5 Å². The highest BCUT2D eigenvalue weighted by molar-refractivity contribution is 6.30. The highest BCUT2D eigenvalue weighted by Gasteiger charge is 2.09. The molecule has 19 heavy (non-hydrogen) atoms. The number of ether oxygens (including phenoxy) is 1. The van der Waals surface area contributed by atoms with Crippen molar-refractivity contribution in [1.29, 1.82) is 0 Å². The molecule has 1 aromatic carbocycles. The zero-order chi connectivity index (χ0) is 13.8. The molecule has 0 aliphatic heterocycles. The summed E-state index contributed by atoms with van der Waals surface area (Å²) in [6.07, 6.45) is 1.00. The molecule has 0 atom stereocenters. The molecule has 100 valence electrons. The van der Waals surface area contributed by atoms with Crippen LogP contribution in [0.25, 0.3) is 11.3 Å². The summed E-state index contributed by atoms with van der Waals surface area (Å²) >= 11 is 6.09. The molecule has 1 aromatic heterocycles. The molecule has 0 fully saturated rings. The molecule has 0 aliphatic carbocycles. The van der Waals surface area contributed by atoms with Crippen molar-refractivity contribution in [3.8, 4) is 17.0 Å². The summed E-state index contributed by atoms with van der Waals surface area (Å²) in [5.74, 6) is 1.55. The summed E-state index contributed by atoms with van der Waals surface area (Å²) in [5, 5.41) is 0.508. The molecular weight excluding hydrogens is 260 g/mol. The van der Waals surface area contributed by atoms with E-state index in [0.717, 1.165) is 35.6 Å². The zero-order valence-electron chi connectivity index (χ0n) is 11.4. The third kappa shape index (κ3) is 3.24. The van der Waals surface area contributed by atoms with Crippen molar-refractivity contribution in [2.45, 2.75) is 27.2 Å². The molecule has 0 spiro atoms. The lowest BCUT2D eigenvalue weighted by Crippen LogP contribution is -1.97. The van der Waals surface area contributed by atoms with E-state index < -0.39 is 0 Å². The minimum atomic E-state index is 0.508. The highest BCUT2D eigenvalue weighted by Crippen LogP contribution is 2.27. The van der Waals surface area contributed by atoms with Gasteiger partial charge in [-0.3, -0.25) is 0 Å². The van der Waals surface area contributed by atoms with E-state index in [1.54, 1.807) is 0 Å². The second-order valence-corrected chi connectivity index (χ2v) is 4.77. The maximum atomic E-state index is 6.09. The second-order valence-electron chi connectivity index (χ2n) is 4.41. The largest absolute Gasteiger partial charge is 0.494 e. The molecule has 2 aromatic rings. The van der Waals surface area contributed by atoms with Crippen LogP contribution >= 0.6 is 11.6 Å². The Morgan fingerprint density at radius 3 is 2.42 bits per heavy atom. The van der Waals surface area contributed by atoms with E-state index >= 15 is 0 Å². The Hall–Kier alpha value is -1.61. The Balaban J connectivity index is 2.32. The number of hydrogen-bond donors (Lipinski definition) is 0. The molecule has 3 nitrogen and oxygen atoms in total. The molecule has 0 unspecified atom stereocenters. The Bertz CT molecular complexity index is 567. The molecule has 0 bridgehead atoms. The van der Waals surface area contributed by atoms with Crippen LogP contribution in [0.15, 0.2) is 24.3 Å². The van der Waals surface area contributed by atoms with E-state index in [2.05, 4.69) is 16.9 Å². The monoisotopic (exact) mass is 276 g/mol. The summed E-state index contributed by atoms with van der Waals surface area (Å²) < 4.78 is 5.56. The van der Waals surface area contributed by atoms with Crippen LogP contribution in [0.3, 0.4) is 0 Å². The van der Waals surface area contributed by atoms with Gasteiger partial charge in [-0.15, -0.1) is 0 Å². The molecule has 0 amide bonds. The van der Waals surface area contributed by atoms with E-state index in [9.17, 15) is 0 Å². The van der Waals surface area contributed by atoms with Crippen LogP contribution in [0.5, 0.6) is 5.75 Å². The van der Waals surface area contributed by atoms with Crippen molar-refractivity contribution in [3.63, 3.8) is 0 Å². The topological polar surface area (TPSA) is 35.0 Å². The summed E-state index contributed by atoms with van der Waals surface area (Å²) in [6.45, 7) is 6.59. The minimum Gasteiger partial charge on any atom is -0.494 e. The normalized spacial score (nSPS) is 10.5. The van der Waals surface area contributed by atoms with Gasteiger partial charge in [0.05, 0.1) is 12.3 Å². The third-order valence-electron chi connectivity index (χ3n) is 2.80. The van der Waals surface area contributed by atoms with Crippen molar-refractivity contribution in [3.05, 3.63) is 40.8 Å². The van der Waals surface area contributed by atoms with Gasteiger partial charge in [0, 0.05) is 11.1 Å². The molecule has 4 heteroatoms. The van der Waals surface area contributed by atoms with Crippen LogP contribution in [0.1, 0.15) is 24.7 Å². The smallest absolute Gasteiger partial charge is 0.136 e. The predicted molar refractivity (Wildman–Crippen MR) is 77.7 cm³/mol. The van der Waals surface area contributed by atoms with Gasteiger partial charge in [0.1, 0.15) is 16.7 Å². The van der Waals surface area contributed by atoms with Crippen LogP contribution < -0.4 is 4.74 Å². The van der Waals surface area contributed by atoms with Gasteiger partial charge in [0.15, 0.2) is 0 Å². The maximum Gasteiger partial charge on any atom is 0.136 e. The van der Waals surface area contributed by atoms with E-state index in [1.165, 1.54) is 0 Å². The molecule has 0 aliphatic rings. The minimum absolute atomic E-state index is 0.508. The molecule has 0 saturated carbocycles. The van der Waals surface area contributed by atoms with Crippen LogP contribution in [0.4, 0.5) is 0 Å². The van der Waals surface area contributed by atoms with Gasteiger partial charge >= 0.3 is 0 Å². The van der Waals surface area contributed by atoms with Gasteiger partial charge in [-0.2, -0.15) is 0 Å². The van der Waals surface area contributed by atoms with Crippen molar-refractivity contribution in [2.24, 2.45) is 0 Å². The van der Waals surface area contributed by atoms with Crippen molar-refractivity contribution >= 4 is 11.6 Å². The number of rotatable bonds is 4. The number of aryl methyl sites for hydroxylation is 1. The van der Waals surface area contributed by atoms with E-state index in [4.69, 9.17) is 16.3 Å². The Morgan fingerprint density at radius 2 is 1.79 bits per heavy atom. The van der Waals surface area contributed by atoms with Gasteiger partial charge in [0.25, 0.3) is 0 Å². The van der Waals surface area contributed by atoms with E-state index in [-0.39, 0.29) is 0 Å². The molecular formula is C15H17ClN2O. The molecule has 0 radical (unpaired) electrons. The van der Waals surface area contributed by atoms with Crippen LogP contribution in [-0.4, -0.2) is 16.6 Å². The average Bonchev–Trinajstić information content (AvgIpc) is 2.41. The fraction of sp³-hybridized carbons (Fsp3) is 0.333. The highest BCUT2D eigenvalue weighted by atomic mass is 35.5. The van der Waals surface area contributed by atoms with Crippen molar-refractivity contribution in [1.82, 2.24) is 9.97 Å². The maximum absolute atomic E-state index is 6.09. The summed E-state index contributed by atoms with van der Waals surface area (Å²) in [5.41, 5.74) is 2.79. The Labute approximate surface area is 118 Å². The van der Waals surface area contributed by atoms with Gasteiger partial charge < -0.3 is 4.74 Å². The Morgan fingerprint density at radius 1 is 1.11 bits per heavy atom. The first-order valence-corrected chi connectivity index (χ1v) is 6.73. The summed E-state index contributed by atoms with van der Waals surface area (Å²) in [6, 6.07) is 7.90. The molecule has 0 saturated heterocycles. The van der Waals surface area contributed by atoms with Crippen molar-refractivity contribution < 1.29 is 4.74 Å². The SMILES string of the molecule is CCCOc1ccc(-c2nc(C)nc(Cl)c2C)cc1. The van der Waals surface area contributed by atoms with E-state index in [0.29, 0.717) is 11.0 Å².